The molecule has 0 aromatic carbocycles. The fraction of sp³-hybridized carbons (Fsp3) is 0.800. The zero-order valence-electron chi connectivity index (χ0n) is 14.3. The van der Waals surface area contributed by atoms with E-state index in [1.54, 1.807) is 0 Å². The molecule has 1 N–H and O–H groups in total. The van der Waals surface area contributed by atoms with Gasteiger partial charge < -0.3 is 5.11 Å². The molecular weight excluding hydrogens is 286 g/mol. The molecule has 0 bridgehead atoms. The number of hydrogen-bond acceptors (Lipinski definition) is 3. The smallest absolute Gasteiger partial charge is 0.156 e. The quantitative estimate of drug-likeness (QED) is 0.692. The van der Waals surface area contributed by atoms with Crippen molar-refractivity contribution in [1.82, 2.24) is 0 Å². The second kappa shape index (κ2) is 4.70. The van der Waals surface area contributed by atoms with Crippen LogP contribution in [-0.2, 0) is 4.79 Å². The maximum atomic E-state index is 11.8. The molecule has 0 aromatic rings. The third-order valence-corrected chi connectivity index (χ3v) is 8.30. The predicted molar refractivity (Wildman–Crippen MR) is 87.3 cm³/mol. The Kier molecular flexibility index (Phi) is 3.14. The SMILES string of the molecule is C[C@]12CCC(=O)C=C1CC[C@@H]1[C@H]3CC[C@@](O)(C#N)[C@@]3(C)CC[C@@H]12. The third-order valence-electron chi connectivity index (χ3n) is 8.30. The summed E-state index contributed by atoms with van der Waals surface area (Å²) in [5.74, 6) is 1.99. The Morgan fingerprint density at radius 1 is 1.13 bits per heavy atom. The van der Waals surface area contributed by atoms with Crippen LogP contribution >= 0.6 is 0 Å². The summed E-state index contributed by atoms with van der Waals surface area (Å²) >= 11 is 0. The fourth-order valence-electron chi connectivity index (χ4n) is 6.76. The van der Waals surface area contributed by atoms with Gasteiger partial charge in [0.2, 0.25) is 0 Å². The monoisotopic (exact) mass is 313 g/mol. The van der Waals surface area contributed by atoms with Crippen LogP contribution in [0.5, 0.6) is 0 Å². The van der Waals surface area contributed by atoms with Gasteiger partial charge in [0, 0.05) is 11.8 Å². The van der Waals surface area contributed by atoms with Crippen molar-refractivity contribution in [1.29, 1.82) is 5.26 Å². The van der Waals surface area contributed by atoms with E-state index in [2.05, 4.69) is 19.9 Å². The molecule has 0 saturated heterocycles. The normalized spacial score (nSPS) is 52.0. The Balaban J connectivity index is 1.70. The van der Waals surface area contributed by atoms with Crippen molar-refractivity contribution in [3.05, 3.63) is 11.6 Å². The molecule has 6 atom stereocenters. The Bertz CT molecular complexity index is 632. The molecule has 0 heterocycles. The molecule has 0 radical (unpaired) electrons. The molecule has 124 valence electrons. The van der Waals surface area contributed by atoms with Gasteiger partial charge in [0.05, 0.1) is 6.07 Å². The number of hydrogen-bond donors (Lipinski definition) is 1. The standard InChI is InChI=1S/C20H27NO2/c1-18-8-5-14(22)11-13(18)3-4-15-16(18)6-9-19(2)17(15)7-10-20(19,23)12-21/h11,15-17,23H,3-10H2,1-2H3/t15-,16-,17+,18-,19-,20+/m0/s1. The Morgan fingerprint density at radius 3 is 2.61 bits per heavy atom. The Hall–Kier alpha value is -1.14. The summed E-state index contributed by atoms with van der Waals surface area (Å²) in [6, 6.07) is 2.25. The van der Waals surface area contributed by atoms with Crippen molar-refractivity contribution in [2.45, 2.75) is 70.8 Å². The molecule has 3 fully saturated rings. The third kappa shape index (κ3) is 1.82. The van der Waals surface area contributed by atoms with Crippen molar-refractivity contribution in [3.63, 3.8) is 0 Å². The highest BCUT2D eigenvalue weighted by molar-refractivity contribution is 5.91. The lowest BCUT2D eigenvalue weighted by atomic mass is 9.46. The fourth-order valence-corrected chi connectivity index (χ4v) is 6.76. The van der Waals surface area contributed by atoms with E-state index in [9.17, 15) is 15.2 Å². The zero-order valence-corrected chi connectivity index (χ0v) is 14.3. The lowest BCUT2D eigenvalue weighted by Crippen LogP contribution is -2.54. The van der Waals surface area contributed by atoms with E-state index < -0.39 is 5.60 Å². The first-order chi connectivity index (χ1) is 10.8. The van der Waals surface area contributed by atoms with Gasteiger partial charge >= 0.3 is 0 Å². The number of allylic oxidation sites excluding steroid dienone is 1. The summed E-state index contributed by atoms with van der Waals surface area (Å²) in [6.45, 7) is 4.53. The molecule has 4 aliphatic rings. The minimum absolute atomic E-state index is 0.172. The summed E-state index contributed by atoms with van der Waals surface area (Å²) in [4.78, 5) is 11.8. The summed E-state index contributed by atoms with van der Waals surface area (Å²) in [5, 5.41) is 20.4. The first kappa shape index (κ1) is 15.4. The number of aliphatic hydroxyl groups is 1. The molecule has 3 saturated carbocycles. The van der Waals surface area contributed by atoms with Crippen molar-refractivity contribution >= 4 is 5.78 Å². The van der Waals surface area contributed by atoms with Crippen LogP contribution in [0.1, 0.15) is 65.2 Å². The highest BCUT2D eigenvalue weighted by atomic mass is 16.3. The summed E-state index contributed by atoms with van der Waals surface area (Å²) < 4.78 is 0. The van der Waals surface area contributed by atoms with Crippen LogP contribution in [0.15, 0.2) is 11.6 Å². The largest absolute Gasteiger partial charge is 0.375 e. The molecule has 0 aromatic heterocycles. The van der Waals surface area contributed by atoms with Crippen molar-refractivity contribution in [2.24, 2.45) is 28.6 Å². The van der Waals surface area contributed by atoms with Crippen LogP contribution in [0.4, 0.5) is 0 Å². The maximum Gasteiger partial charge on any atom is 0.156 e. The van der Waals surface area contributed by atoms with Crippen LogP contribution in [0.25, 0.3) is 0 Å². The Labute approximate surface area is 138 Å². The van der Waals surface area contributed by atoms with E-state index >= 15 is 0 Å². The van der Waals surface area contributed by atoms with Gasteiger partial charge in [0.25, 0.3) is 0 Å². The van der Waals surface area contributed by atoms with E-state index in [-0.39, 0.29) is 10.8 Å². The number of nitrogens with zero attached hydrogens (tertiary/aromatic N) is 1. The molecule has 0 spiro atoms. The first-order valence-electron chi connectivity index (χ1n) is 9.22. The Morgan fingerprint density at radius 2 is 1.87 bits per heavy atom. The number of rotatable bonds is 0. The number of nitriles is 1. The summed E-state index contributed by atoms with van der Waals surface area (Å²) in [6.07, 6.45) is 9.42. The molecule has 0 unspecified atom stereocenters. The van der Waals surface area contributed by atoms with Crippen molar-refractivity contribution < 1.29 is 9.90 Å². The maximum absolute atomic E-state index is 11.8. The average molecular weight is 313 g/mol. The van der Waals surface area contributed by atoms with E-state index in [1.165, 1.54) is 5.57 Å². The number of ketones is 1. The van der Waals surface area contributed by atoms with E-state index in [4.69, 9.17) is 0 Å². The molecule has 4 rings (SSSR count). The van der Waals surface area contributed by atoms with E-state index in [0.717, 1.165) is 38.5 Å². The lowest BCUT2D eigenvalue weighted by molar-refractivity contribution is -0.119. The van der Waals surface area contributed by atoms with Gasteiger partial charge in [-0.25, -0.2) is 0 Å². The number of carbonyl (C=O) groups excluding carboxylic acids is 1. The van der Waals surface area contributed by atoms with Gasteiger partial charge in [0.1, 0.15) is 0 Å². The molecule has 3 nitrogen and oxygen atoms in total. The van der Waals surface area contributed by atoms with Gasteiger partial charge in [-0.05, 0) is 74.2 Å². The van der Waals surface area contributed by atoms with Gasteiger partial charge in [-0.3, -0.25) is 4.79 Å². The van der Waals surface area contributed by atoms with Crippen molar-refractivity contribution in [3.8, 4) is 6.07 Å². The number of fused-ring (bicyclic) bond motifs is 5. The van der Waals surface area contributed by atoms with Crippen LogP contribution in [0.3, 0.4) is 0 Å². The topological polar surface area (TPSA) is 61.1 Å². The van der Waals surface area contributed by atoms with Crippen molar-refractivity contribution in [2.75, 3.05) is 0 Å². The first-order valence-corrected chi connectivity index (χ1v) is 9.22. The van der Waals surface area contributed by atoms with E-state index in [0.29, 0.717) is 36.4 Å². The van der Waals surface area contributed by atoms with Crippen LogP contribution in [-0.4, -0.2) is 16.5 Å². The summed E-state index contributed by atoms with van der Waals surface area (Å²) in [5.41, 5.74) is 0.172. The van der Waals surface area contributed by atoms with Crippen LogP contribution in [0, 0.1) is 39.9 Å². The van der Waals surface area contributed by atoms with Gasteiger partial charge in [-0.15, -0.1) is 0 Å². The highest BCUT2D eigenvalue weighted by Gasteiger charge is 2.64. The second-order valence-electron chi connectivity index (χ2n) is 8.94. The molecular formula is C20H27NO2. The average Bonchev–Trinajstić information content (AvgIpc) is 2.80. The minimum Gasteiger partial charge on any atom is -0.375 e. The predicted octanol–water partition coefficient (Wildman–Crippen LogP) is 3.77. The lowest BCUT2D eigenvalue weighted by Gasteiger charge is -2.58. The molecule has 0 amide bonds. The van der Waals surface area contributed by atoms with E-state index in [1.807, 2.05) is 6.08 Å². The zero-order chi connectivity index (χ0) is 16.5. The minimum atomic E-state index is -1.14. The van der Waals surface area contributed by atoms with Crippen LogP contribution in [0.2, 0.25) is 0 Å². The van der Waals surface area contributed by atoms with Gasteiger partial charge in [-0.2, -0.15) is 5.26 Å². The molecule has 0 aliphatic heterocycles. The molecule has 23 heavy (non-hydrogen) atoms. The second-order valence-corrected chi connectivity index (χ2v) is 8.94. The molecule has 3 heteroatoms. The summed E-state index contributed by atoms with van der Waals surface area (Å²) in [7, 11) is 0. The van der Waals surface area contributed by atoms with Crippen LogP contribution < -0.4 is 0 Å². The molecule has 4 aliphatic carbocycles. The van der Waals surface area contributed by atoms with Gasteiger partial charge in [-0.1, -0.05) is 19.4 Å². The number of carbonyl (C=O) groups is 1. The highest BCUT2D eigenvalue weighted by Crippen LogP contribution is 2.67. The van der Waals surface area contributed by atoms with Gasteiger partial charge in [0.15, 0.2) is 11.4 Å².